The van der Waals surface area contributed by atoms with E-state index in [1.165, 1.54) is 12.1 Å². The molecule has 0 aliphatic carbocycles. The molecule has 114 valence electrons. The van der Waals surface area contributed by atoms with Crippen molar-refractivity contribution in [2.45, 2.75) is 6.42 Å². The lowest BCUT2D eigenvalue weighted by Crippen LogP contribution is -2.17. The van der Waals surface area contributed by atoms with E-state index < -0.39 is 10.8 Å². The van der Waals surface area contributed by atoms with Gasteiger partial charge in [-0.05, 0) is 23.8 Å². The summed E-state index contributed by atoms with van der Waals surface area (Å²) < 4.78 is 0. The van der Waals surface area contributed by atoms with Crippen molar-refractivity contribution in [3.05, 3.63) is 56.1 Å². The van der Waals surface area contributed by atoms with Crippen molar-refractivity contribution in [1.82, 2.24) is 4.98 Å². The second kappa shape index (κ2) is 6.59. The minimum atomic E-state index is -0.662. The lowest BCUT2D eigenvalue weighted by molar-refractivity contribution is -0.384. The average Bonchev–Trinajstić information content (AvgIpc) is 2.43. The second-order valence-corrected chi connectivity index (χ2v) is 5.10. The van der Waals surface area contributed by atoms with Gasteiger partial charge in [0.05, 0.1) is 11.3 Å². The number of benzene rings is 1. The van der Waals surface area contributed by atoms with Gasteiger partial charge in [-0.2, -0.15) is 0 Å². The van der Waals surface area contributed by atoms with Crippen LogP contribution < -0.4 is 11.1 Å². The van der Waals surface area contributed by atoms with E-state index in [2.05, 4.69) is 10.3 Å². The summed E-state index contributed by atoms with van der Waals surface area (Å²) in [6.07, 6.45) is -0.147. The summed E-state index contributed by atoms with van der Waals surface area (Å²) in [6.45, 7) is 0. The summed E-state index contributed by atoms with van der Waals surface area (Å²) in [5.41, 5.74) is 5.55. The first-order valence-electron chi connectivity index (χ1n) is 6.02. The Morgan fingerprint density at radius 1 is 1.27 bits per heavy atom. The highest BCUT2D eigenvalue weighted by molar-refractivity contribution is 6.36. The minimum absolute atomic E-state index is 0.0525. The number of carbonyl (C=O) groups excluding carboxylic acids is 1. The smallest absolute Gasteiger partial charge is 0.311 e. The van der Waals surface area contributed by atoms with Crippen LogP contribution in [0.25, 0.3) is 0 Å². The predicted octanol–water partition coefficient (Wildman–Crippen LogP) is 3.06. The molecular weight excluding hydrogens is 331 g/mol. The zero-order valence-electron chi connectivity index (χ0n) is 11.0. The van der Waals surface area contributed by atoms with Crippen molar-refractivity contribution < 1.29 is 9.72 Å². The Kier molecular flexibility index (Phi) is 4.79. The molecule has 0 fully saturated rings. The van der Waals surface area contributed by atoms with Crippen molar-refractivity contribution in [1.29, 1.82) is 0 Å². The number of nitrogens with two attached hydrogens (primary N) is 1. The van der Waals surface area contributed by atoms with Crippen LogP contribution in [-0.2, 0) is 11.2 Å². The fourth-order valence-electron chi connectivity index (χ4n) is 1.74. The number of nitro groups is 1. The molecule has 1 aromatic heterocycles. The highest BCUT2D eigenvalue weighted by atomic mass is 35.5. The molecule has 2 rings (SSSR count). The van der Waals surface area contributed by atoms with E-state index in [4.69, 9.17) is 28.9 Å². The molecule has 0 bridgehead atoms. The minimum Gasteiger partial charge on any atom is -0.384 e. The van der Waals surface area contributed by atoms with Gasteiger partial charge in [-0.1, -0.05) is 29.3 Å². The van der Waals surface area contributed by atoms with Gasteiger partial charge in [0.2, 0.25) is 11.7 Å². The predicted molar refractivity (Wildman–Crippen MR) is 84.1 cm³/mol. The molecule has 1 aromatic carbocycles. The lowest BCUT2D eigenvalue weighted by Gasteiger charge is -2.08. The molecule has 0 saturated heterocycles. The Morgan fingerprint density at radius 3 is 2.50 bits per heavy atom. The number of rotatable bonds is 4. The molecule has 2 aromatic rings. The third-order valence-corrected chi connectivity index (χ3v) is 3.46. The van der Waals surface area contributed by atoms with Gasteiger partial charge in [-0.3, -0.25) is 14.9 Å². The van der Waals surface area contributed by atoms with Gasteiger partial charge >= 0.3 is 5.69 Å². The zero-order chi connectivity index (χ0) is 16.3. The van der Waals surface area contributed by atoms with Crippen LogP contribution in [0.3, 0.4) is 0 Å². The Morgan fingerprint density at radius 2 is 1.91 bits per heavy atom. The molecule has 9 heteroatoms. The summed E-state index contributed by atoms with van der Waals surface area (Å²) in [6, 6.07) is 7.28. The van der Waals surface area contributed by atoms with Gasteiger partial charge in [0.25, 0.3) is 0 Å². The Balaban J connectivity index is 2.23. The number of aromatic nitrogens is 1. The van der Waals surface area contributed by atoms with Gasteiger partial charge in [-0.15, -0.1) is 0 Å². The van der Waals surface area contributed by atoms with Gasteiger partial charge in [-0.25, -0.2) is 4.98 Å². The molecule has 0 unspecified atom stereocenters. The number of nitrogens with one attached hydrogen (secondary N) is 1. The number of hydrogen-bond donors (Lipinski definition) is 2. The second-order valence-electron chi connectivity index (χ2n) is 4.29. The topological polar surface area (TPSA) is 111 Å². The molecule has 7 nitrogen and oxygen atoms in total. The quantitative estimate of drug-likeness (QED) is 0.656. The highest BCUT2D eigenvalue weighted by Crippen LogP contribution is 2.26. The maximum absolute atomic E-state index is 12.0. The molecule has 0 atom stereocenters. The first kappa shape index (κ1) is 16.0. The number of nitrogen functional groups attached to an aromatic ring is 1. The van der Waals surface area contributed by atoms with Crippen LogP contribution in [0.1, 0.15) is 5.56 Å². The van der Waals surface area contributed by atoms with Crippen molar-refractivity contribution in [3.8, 4) is 0 Å². The molecular formula is C13H10Cl2N4O3. The average molecular weight is 341 g/mol. The third kappa shape index (κ3) is 3.63. The first-order chi connectivity index (χ1) is 10.4. The number of nitrogens with zero attached hydrogens (tertiary/aromatic N) is 2. The zero-order valence-corrected chi connectivity index (χ0v) is 12.6. The van der Waals surface area contributed by atoms with E-state index in [0.717, 1.165) is 0 Å². The van der Waals surface area contributed by atoms with Gasteiger partial charge in [0.15, 0.2) is 0 Å². The molecule has 0 saturated carbocycles. The van der Waals surface area contributed by atoms with Gasteiger partial charge < -0.3 is 11.1 Å². The van der Waals surface area contributed by atoms with Crippen molar-refractivity contribution in [3.63, 3.8) is 0 Å². The van der Waals surface area contributed by atoms with E-state index in [0.29, 0.717) is 15.6 Å². The summed E-state index contributed by atoms with van der Waals surface area (Å²) in [7, 11) is 0. The standard InChI is InChI=1S/C13H10Cl2N4O3/c14-8-2-1-3-9(15)7(8)6-12(20)18-13-10(19(21)22)4-5-11(16)17-13/h1-5H,6H2,(H3,16,17,18,20). The van der Waals surface area contributed by atoms with Gasteiger partial charge in [0, 0.05) is 16.1 Å². The van der Waals surface area contributed by atoms with Crippen LogP contribution in [0.15, 0.2) is 30.3 Å². The Hall–Kier alpha value is -2.38. The van der Waals surface area contributed by atoms with E-state index in [-0.39, 0.29) is 23.7 Å². The largest absolute Gasteiger partial charge is 0.384 e. The number of carbonyl (C=O) groups is 1. The summed E-state index contributed by atoms with van der Waals surface area (Å²) in [5, 5.41) is 13.9. The number of pyridine rings is 1. The number of anilines is 2. The monoisotopic (exact) mass is 340 g/mol. The molecule has 0 aliphatic heterocycles. The van der Waals surface area contributed by atoms with E-state index in [1.807, 2.05) is 0 Å². The first-order valence-corrected chi connectivity index (χ1v) is 6.77. The van der Waals surface area contributed by atoms with Crippen molar-refractivity contribution in [2.75, 3.05) is 11.1 Å². The van der Waals surface area contributed by atoms with E-state index in [9.17, 15) is 14.9 Å². The fraction of sp³-hybridized carbons (Fsp3) is 0.0769. The molecule has 0 aliphatic rings. The van der Waals surface area contributed by atoms with Crippen LogP contribution in [0.5, 0.6) is 0 Å². The third-order valence-electron chi connectivity index (χ3n) is 2.75. The van der Waals surface area contributed by atoms with Crippen molar-refractivity contribution >= 4 is 46.4 Å². The summed E-state index contributed by atoms with van der Waals surface area (Å²) >= 11 is 12.0. The molecule has 1 heterocycles. The SMILES string of the molecule is Nc1ccc([N+](=O)[O-])c(NC(=O)Cc2c(Cl)cccc2Cl)n1. The van der Waals surface area contributed by atoms with E-state index >= 15 is 0 Å². The van der Waals surface area contributed by atoms with Crippen LogP contribution >= 0.6 is 23.2 Å². The van der Waals surface area contributed by atoms with Crippen LogP contribution in [0, 0.1) is 10.1 Å². The molecule has 0 radical (unpaired) electrons. The molecule has 1 amide bonds. The number of halogens is 2. The molecule has 3 N–H and O–H groups in total. The Bertz CT molecular complexity index is 732. The van der Waals surface area contributed by atoms with E-state index in [1.54, 1.807) is 18.2 Å². The lowest BCUT2D eigenvalue weighted by atomic mass is 10.1. The molecule has 0 spiro atoms. The highest BCUT2D eigenvalue weighted by Gasteiger charge is 2.19. The number of hydrogen-bond acceptors (Lipinski definition) is 5. The van der Waals surface area contributed by atoms with Crippen LogP contribution in [-0.4, -0.2) is 15.8 Å². The van der Waals surface area contributed by atoms with Crippen LogP contribution in [0.2, 0.25) is 10.0 Å². The van der Waals surface area contributed by atoms with Gasteiger partial charge in [0.1, 0.15) is 5.82 Å². The summed E-state index contributed by atoms with van der Waals surface area (Å²) in [5.74, 6) is -0.717. The summed E-state index contributed by atoms with van der Waals surface area (Å²) in [4.78, 5) is 26.0. The number of amides is 1. The maximum atomic E-state index is 12.0. The maximum Gasteiger partial charge on any atom is 0.311 e. The van der Waals surface area contributed by atoms with Crippen LogP contribution in [0.4, 0.5) is 17.3 Å². The normalized spacial score (nSPS) is 10.3. The Labute approximate surface area is 135 Å². The fourth-order valence-corrected chi connectivity index (χ4v) is 2.28. The molecule has 22 heavy (non-hydrogen) atoms. The van der Waals surface area contributed by atoms with Crippen molar-refractivity contribution in [2.24, 2.45) is 0 Å².